The van der Waals surface area contributed by atoms with E-state index in [1.165, 1.54) is 5.57 Å². The van der Waals surface area contributed by atoms with Crippen LogP contribution < -0.4 is 0 Å². The minimum Gasteiger partial charge on any atom is -0.338 e. The average Bonchev–Trinajstić information content (AvgIpc) is 2.33. The van der Waals surface area contributed by atoms with Crippen molar-refractivity contribution in [3.8, 4) is 0 Å². The van der Waals surface area contributed by atoms with Gasteiger partial charge in [-0.15, -0.1) is 0 Å². The van der Waals surface area contributed by atoms with Crippen molar-refractivity contribution in [2.75, 3.05) is 13.6 Å². The average molecular weight is 165 g/mol. The van der Waals surface area contributed by atoms with Crippen molar-refractivity contribution in [2.24, 2.45) is 0 Å². The molecular weight excluding hydrogens is 150 g/mol. The first-order valence-corrected chi connectivity index (χ1v) is 4.30. The molecule has 2 nitrogen and oxygen atoms in total. The second kappa shape index (κ2) is 3.57. The van der Waals surface area contributed by atoms with Gasteiger partial charge in [0.1, 0.15) is 0 Å². The van der Waals surface area contributed by atoms with Crippen LogP contribution in [0.15, 0.2) is 23.3 Å². The van der Waals surface area contributed by atoms with E-state index in [0.717, 1.165) is 18.5 Å². The molecule has 0 saturated carbocycles. The predicted octanol–water partition coefficient (Wildman–Crippen LogP) is 1.74. The van der Waals surface area contributed by atoms with Crippen molar-refractivity contribution in [1.82, 2.24) is 4.90 Å². The van der Waals surface area contributed by atoms with Gasteiger partial charge in [-0.05, 0) is 18.9 Å². The zero-order valence-corrected chi connectivity index (χ0v) is 7.92. The monoisotopic (exact) mass is 165 g/mol. The maximum atomic E-state index is 11.5. The number of rotatable bonds is 2. The van der Waals surface area contributed by atoms with Crippen molar-refractivity contribution in [2.45, 2.75) is 20.3 Å². The van der Waals surface area contributed by atoms with Crippen molar-refractivity contribution in [3.05, 3.63) is 23.3 Å². The minimum atomic E-state index is 0.157. The molecule has 0 N–H and O–H groups in total. The Labute approximate surface area is 73.6 Å². The predicted molar refractivity (Wildman–Crippen MR) is 49.8 cm³/mol. The van der Waals surface area contributed by atoms with Gasteiger partial charge in [0.2, 0.25) is 0 Å². The third-order valence-electron chi connectivity index (χ3n) is 2.15. The van der Waals surface area contributed by atoms with Gasteiger partial charge in [-0.2, -0.15) is 0 Å². The second-order valence-corrected chi connectivity index (χ2v) is 3.03. The molecule has 12 heavy (non-hydrogen) atoms. The fourth-order valence-electron chi connectivity index (χ4n) is 1.46. The highest BCUT2D eigenvalue weighted by atomic mass is 16.2. The van der Waals surface area contributed by atoms with E-state index in [1.54, 1.807) is 4.90 Å². The third-order valence-corrected chi connectivity index (χ3v) is 2.15. The first kappa shape index (κ1) is 9.04. The van der Waals surface area contributed by atoms with Crippen LogP contribution in [0.5, 0.6) is 0 Å². The molecule has 1 rings (SSSR count). The van der Waals surface area contributed by atoms with E-state index >= 15 is 0 Å². The molecule has 1 aliphatic heterocycles. The molecular formula is C10H15NO. The Kier molecular flexibility index (Phi) is 2.69. The smallest absolute Gasteiger partial charge is 0.253 e. The largest absolute Gasteiger partial charge is 0.338 e. The zero-order chi connectivity index (χ0) is 9.14. The van der Waals surface area contributed by atoms with Crippen LogP contribution in [-0.2, 0) is 4.79 Å². The van der Waals surface area contributed by atoms with Gasteiger partial charge in [0.25, 0.3) is 5.91 Å². The normalized spacial score (nSPS) is 18.6. The molecule has 0 aromatic heterocycles. The molecule has 1 amide bonds. The van der Waals surface area contributed by atoms with Crippen LogP contribution in [-0.4, -0.2) is 24.4 Å². The lowest BCUT2D eigenvalue weighted by Gasteiger charge is -2.06. The summed E-state index contributed by atoms with van der Waals surface area (Å²) in [5.74, 6) is 0.157. The van der Waals surface area contributed by atoms with E-state index in [4.69, 9.17) is 0 Å². The van der Waals surface area contributed by atoms with Gasteiger partial charge in [-0.3, -0.25) is 4.79 Å². The zero-order valence-electron chi connectivity index (χ0n) is 7.92. The summed E-state index contributed by atoms with van der Waals surface area (Å²) < 4.78 is 0. The molecule has 0 bridgehead atoms. The number of allylic oxidation sites excluding steroid dienone is 1. The number of amides is 1. The Morgan fingerprint density at radius 2 is 2.25 bits per heavy atom. The van der Waals surface area contributed by atoms with E-state index in [0.29, 0.717) is 0 Å². The number of carbonyl (C=O) groups is 1. The summed E-state index contributed by atoms with van der Waals surface area (Å²) in [6, 6.07) is 0. The Balaban J connectivity index is 2.95. The molecule has 0 saturated heterocycles. The number of likely N-dealkylation sites (N-methyl/N-ethyl adjacent to an activating group) is 1. The van der Waals surface area contributed by atoms with Gasteiger partial charge in [-0.25, -0.2) is 0 Å². The Bertz CT molecular complexity index is 251. The molecule has 0 unspecified atom stereocenters. The van der Waals surface area contributed by atoms with Crippen LogP contribution in [0, 0.1) is 0 Å². The lowest BCUT2D eigenvalue weighted by Crippen LogP contribution is -2.21. The molecule has 0 spiro atoms. The van der Waals surface area contributed by atoms with Gasteiger partial charge >= 0.3 is 0 Å². The Hall–Kier alpha value is -1.05. The van der Waals surface area contributed by atoms with Crippen molar-refractivity contribution in [1.29, 1.82) is 0 Å². The fourth-order valence-corrected chi connectivity index (χ4v) is 1.46. The van der Waals surface area contributed by atoms with Crippen molar-refractivity contribution in [3.63, 3.8) is 0 Å². The van der Waals surface area contributed by atoms with Crippen molar-refractivity contribution >= 4 is 5.91 Å². The molecule has 0 aliphatic carbocycles. The summed E-state index contributed by atoms with van der Waals surface area (Å²) in [5.41, 5.74) is 2.14. The highest BCUT2D eigenvalue weighted by molar-refractivity contribution is 5.99. The molecule has 0 radical (unpaired) electrons. The van der Waals surface area contributed by atoms with E-state index < -0.39 is 0 Å². The van der Waals surface area contributed by atoms with Crippen molar-refractivity contribution < 1.29 is 4.79 Å². The van der Waals surface area contributed by atoms with Crippen LogP contribution in [0.2, 0.25) is 0 Å². The maximum absolute atomic E-state index is 11.5. The molecule has 1 aliphatic rings. The quantitative estimate of drug-likeness (QED) is 0.610. The highest BCUT2D eigenvalue weighted by Crippen LogP contribution is 2.20. The van der Waals surface area contributed by atoms with Gasteiger partial charge in [0.15, 0.2) is 0 Å². The summed E-state index contributed by atoms with van der Waals surface area (Å²) in [4.78, 5) is 13.2. The van der Waals surface area contributed by atoms with Gasteiger partial charge < -0.3 is 4.90 Å². The molecule has 0 aromatic carbocycles. The standard InChI is InChI=1S/C10H15NO/c1-4-6-9-8(5-2)7-11(3)10(9)12/h4,6H,5,7H2,1-3H3. The number of hydrogen-bond donors (Lipinski definition) is 0. The second-order valence-electron chi connectivity index (χ2n) is 3.03. The minimum absolute atomic E-state index is 0.157. The summed E-state index contributed by atoms with van der Waals surface area (Å²) in [6.07, 6.45) is 4.79. The van der Waals surface area contributed by atoms with Gasteiger partial charge in [-0.1, -0.05) is 19.1 Å². The first-order chi connectivity index (χ1) is 5.70. The third kappa shape index (κ3) is 1.42. The molecule has 66 valence electrons. The first-order valence-electron chi connectivity index (χ1n) is 4.30. The van der Waals surface area contributed by atoms with Crippen LogP contribution in [0.3, 0.4) is 0 Å². The molecule has 0 aromatic rings. The van der Waals surface area contributed by atoms with Crippen LogP contribution in [0.1, 0.15) is 20.3 Å². The topological polar surface area (TPSA) is 20.3 Å². The van der Waals surface area contributed by atoms with Crippen LogP contribution in [0.4, 0.5) is 0 Å². The molecule has 2 heteroatoms. The summed E-state index contributed by atoms with van der Waals surface area (Å²) in [7, 11) is 1.84. The van der Waals surface area contributed by atoms with E-state index in [9.17, 15) is 4.79 Å². The summed E-state index contributed by atoms with van der Waals surface area (Å²) >= 11 is 0. The summed E-state index contributed by atoms with van der Waals surface area (Å²) in [5, 5.41) is 0. The van der Waals surface area contributed by atoms with Gasteiger partial charge in [0, 0.05) is 19.2 Å². The fraction of sp³-hybridized carbons (Fsp3) is 0.500. The van der Waals surface area contributed by atoms with Crippen LogP contribution >= 0.6 is 0 Å². The van der Waals surface area contributed by atoms with E-state index in [2.05, 4.69) is 6.92 Å². The Morgan fingerprint density at radius 3 is 2.75 bits per heavy atom. The van der Waals surface area contributed by atoms with E-state index in [1.807, 2.05) is 26.1 Å². The lowest BCUT2D eigenvalue weighted by molar-refractivity contribution is -0.124. The number of hydrogen-bond acceptors (Lipinski definition) is 1. The molecule has 0 fully saturated rings. The number of nitrogens with zero attached hydrogens (tertiary/aromatic N) is 1. The molecule has 0 atom stereocenters. The Morgan fingerprint density at radius 1 is 1.58 bits per heavy atom. The lowest BCUT2D eigenvalue weighted by atomic mass is 10.1. The maximum Gasteiger partial charge on any atom is 0.253 e. The van der Waals surface area contributed by atoms with Crippen LogP contribution in [0.25, 0.3) is 0 Å². The SMILES string of the molecule is CC=CC1=C(CC)CN(C)C1=O. The molecule has 1 heterocycles. The van der Waals surface area contributed by atoms with E-state index in [-0.39, 0.29) is 5.91 Å². The summed E-state index contributed by atoms with van der Waals surface area (Å²) in [6.45, 7) is 4.83. The highest BCUT2D eigenvalue weighted by Gasteiger charge is 2.23. The van der Waals surface area contributed by atoms with Gasteiger partial charge in [0.05, 0.1) is 0 Å². The number of carbonyl (C=O) groups excluding carboxylic acids is 1.